The Hall–Kier alpha value is -2.51. The molecule has 0 atom stereocenters. The molecule has 2 aliphatic heterocycles. The summed E-state index contributed by atoms with van der Waals surface area (Å²) in [5, 5.41) is 10.4. The van der Waals surface area contributed by atoms with Crippen LogP contribution in [-0.2, 0) is 0 Å². The van der Waals surface area contributed by atoms with E-state index in [0.29, 0.717) is 28.4 Å². The molecule has 1 fully saturated rings. The molecule has 0 unspecified atom stereocenters. The van der Waals surface area contributed by atoms with Gasteiger partial charge < -0.3 is 16.0 Å². The predicted molar refractivity (Wildman–Crippen MR) is 98.2 cm³/mol. The molecule has 3 N–H and O–H groups in total. The Balaban J connectivity index is 1.52. The number of nitrogens with one attached hydrogen (secondary N) is 3. The number of aromatic nitrogens is 2. The third-order valence-electron chi connectivity index (χ3n) is 4.28. The molecule has 1 aromatic heterocycles. The van der Waals surface area contributed by atoms with Gasteiger partial charge in [-0.1, -0.05) is 11.6 Å². The van der Waals surface area contributed by atoms with E-state index in [0.717, 1.165) is 37.2 Å². The molecule has 4 rings (SSSR count). The highest BCUT2D eigenvalue weighted by molar-refractivity contribution is 6.32. The first-order valence-corrected chi connectivity index (χ1v) is 8.56. The number of carbonyl (C=O) groups is 1. The summed E-state index contributed by atoms with van der Waals surface area (Å²) in [7, 11) is 0. The Morgan fingerprint density at radius 2 is 2.08 bits per heavy atom. The molecule has 1 saturated heterocycles. The summed E-state index contributed by atoms with van der Waals surface area (Å²) >= 11 is 6.23. The molecule has 8 heteroatoms. The van der Waals surface area contributed by atoms with Crippen LogP contribution in [0.25, 0.3) is 0 Å². The number of amides is 1. The van der Waals surface area contributed by atoms with Gasteiger partial charge in [-0.05, 0) is 44.1 Å². The lowest BCUT2D eigenvalue weighted by Gasteiger charge is -2.24. The zero-order valence-corrected chi connectivity index (χ0v) is 14.2. The van der Waals surface area contributed by atoms with Crippen molar-refractivity contribution in [3.63, 3.8) is 0 Å². The molecular formula is C17H17ClN6O. The van der Waals surface area contributed by atoms with Crippen molar-refractivity contribution in [2.24, 2.45) is 4.99 Å². The highest BCUT2D eigenvalue weighted by atomic mass is 35.5. The van der Waals surface area contributed by atoms with Gasteiger partial charge in [-0.2, -0.15) is 4.98 Å². The molecule has 1 amide bonds. The zero-order chi connectivity index (χ0) is 17.2. The van der Waals surface area contributed by atoms with Crippen LogP contribution in [0.2, 0.25) is 5.02 Å². The number of hydrogen-bond acceptors (Lipinski definition) is 6. The van der Waals surface area contributed by atoms with Crippen LogP contribution in [0.4, 0.5) is 17.5 Å². The normalized spacial score (nSPS) is 16.8. The molecule has 1 aromatic carbocycles. The summed E-state index contributed by atoms with van der Waals surface area (Å²) < 4.78 is 0. The van der Waals surface area contributed by atoms with E-state index < -0.39 is 0 Å². The minimum atomic E-state index is -0.210. The van der Waals surface area contributed by atoms with Gasteiger partial charge in [0.1, 0.15) is 5.02 Å². The van der Waals surface area contributed by atoms with Gasteiger partial charge in [0, 0.05) is 23.5 Å². The molecule has 0 spiro atoms. The van der Waals surface area contributed by atoms with Gasteiger partial charge in [-0.15, -0.1) is 0 Å². The monoisotopic (exact) mass is 356 g/mol. The highest BCUT2D eigenvalue weighted by Crippen LogP contribution is 2.25. The number of carbonyl (C=O) groups excluding carboxylic acids is 1. The van der Waals surface area contributed by atoms with Gasteiger partial charge in [-0.25, -0.2) is 9.98 Å². The minimum absolute atomic E-state index is 0.210. The number of anilines is 3. The molecule has 0 radical (unpaired) electrons. The van der Waals surface area contributed by atoms with Crippen molar-refractivity contribution < 1.29 is 4.79 Å². The number of fused-ring (bicyclic) bond motifs is 1. The van der Waals surface area contributed by atoms with Gasteiger partial charge in [0.25, 0.3) is 5.91 Å². The maximum Gasteiger partial charge on any atom is 0.277 e. The van der Waals surface area contributed by atoms with Crippen LogP contribution in [-0.4, -0.2) is 41.2 Å². The fourth-order valence-electron chi connectivity index (χ4n) is 2.96. The lowest BCUT2D eigenvalue weighted by molar-refractivity contribution is 0.101. The van der Waals surface area contributed by atoms with Crippen LogP contribution in [0.15, 0.2) is 29.4 Å². The van der Waals surface area contributed by atoms with Crippen molar-refractivity contribution in [3.05, 3.63) is 40.5 Å². The van der Waals surface area contributed by atoms with Gasteiger partial charge in [0.2, 0.25) is 5.95 Å². The topological polar surface area (TPSA) is 91.3 Å². The second-order valence-corrected chi connectivity index (χ2v) is 6.46. The van der Waals surface area contributed by atoms with E-state index >= 15 is 0 Å². The third kappa shape index (κ3) is 3.47. The largest absolute Gasteiger partial charge is 0.366 e. The van der Waals surface area contributed by atoms with Crippen molar-refractivity contribution >= 4 is 41.2 Å². The minimum Gasteiger partial charge on any atom is -0.366 e. The maximum absolute atomic E-state index is 11.5. The molecule has 2 aliphatic rings. The Labute approximate surface area is 149 Å². The molecule has 25 heavy (non-hydrogen) atoms. The van der Waals surface area contributed by atoms with Crippen molar-refractivity contribution in [2.45, 2.75) is 18.9 Å². The second kappa shape index (κ2) is 6.78. The van der Waals surface area contributed by atoms with Gasteiger partial charge in [-0.3, -0.25) is 4.79 Å². The van der Waals surface area contributed by atoms with Crippen LogP contribution in [0.5, 0.6) is 0 Å². The third-order valence-corrected chi connectivity index (χ3v) is 4.56. The molecular weight excluding hydrogens is 340 g/mol. The molecule has 2 aromatic rings. The summed E-state index contributed by atoms with van der Waals surface area (Å²) in [6.45, 7) is 1.97. The maximum atomic E-state index is 11.5. The summed E-state index contributed by atoms with van der Waals surface area (Å²) in [6, 6.07) is 5.76. The average Bonchev–Trinajstić information content (AvgIpc) is 2.99. The SMILES string of the molecule is O=C1N=Cc2cc(Nc3ncc(Cl)c(NC4CCNCC4)n3)ccc21. The van der Waals surface area contributed by atoms with Crippen LogP contribution in [0.3, 0.4) is 0 Å². The molecule has 3 heterocycles. The number of benzene rings is 1. The van der Waals surface area contributed by atoms with E-state index in [1.807, 2.05) is 12.1 Å². The quantitative estimate of drug-likeness (QED) is 0.780. The van der Waals surface area contributed by atoms with Crippen molar-refractivity contribution in [1.29, 1.82) is 0 Å². The summed E-state index contributed by atoms with van der Waals surface area (Å²) in [6.07, 6.45) is 5.21. The van der Waals surface area contributed by atoms with Crippen molar-refractivity contribution in [1.82, 2.24) is 15.3 Å². The first kappa shape index (κ1) is 16.0. The van der Waals surface area contributed by atoms with Gasteiger partial charge in [0.05, 0.1) is 11.8 Å². The Morgan fingerprint density at radius 3 is 2.92 bits per heavy atom. The zero-order valence-electron chi connectivity index (χ0n) is 13.4. The van der Waals surface area contributed by atoms with E-state index in [-0.39, 0.29) is 5.91 Å². The summed E-state index contributed by atoms with van der Waals surface area (Å²) in [5.41, 5.74) is 2.18. The summed E-state index contributed by atoms with van der Waals surface area (Å²) in [5.74, 6) is 0.865. The Bertz CT molecular complexity index is 847. The number of nitrogens with zero attached hydrogens (tertiary/aromatic N) is 3. The Kier molecular flexibility index (Phi) is 4.33. The predicted octanol–water partition coefficient (Wildman–Crippen LogP) is 2.61. The van der Waals surface area contributed by atoms with Crippen LogP contribution in [0.1, 0.15) is 28.8 Å². The lowest BCUT2D eigenvalue weighted by Crippen LogP contribution is -2.35. The average molecular weight is 357 g/mol. The molecule has 7 nitrogen and oxygen atoms in total. The van der Waals surface area contributed by atoms with Crippen molar-refractivity contribution in [3.8, 4) is 0 Å². The number of rotatable bonds is 4. The number of piperidine rings is 1. The fourth-order valence-corrected chi connectivity index (χ4v) is 3.10. The first-order valence-electron chi connectivity index (χ1n) is 8.18. The summed E-state index contributed by atoms with van der Waals surface area (Å²) in [4.78, 5) is 24.0. The lowest BCUT2D eigenvalue weighted by atomic mass is 10.1. The van der Waals surface area contributed by atoms with Crippen molar-refractivity contribution in [2.75, 3.05) is 23.7 Å². The molecule has 0 bridgehead atoms. The van der Waals surface area contributed by atoms with Crippen LogP contribution >= 0.6 is 11.6 Å². The smallest absolute Gasteiger partial charge is 0.277 e. The van der Waals surface area contributed by atoms with Gasteiger partial charge in [0.15, 0.2) is 5.82 Å². The standard InChI is InChI=1S/C17H17ClN6O/c18-14-9-21-17(24-15(14)22-11-3-5-19-6-4-11)23-12-1-2-13-10(7-12)8-20-16(13)25/h1-2,7-9,11,19H,3-6H2,(H2,21,22,23,24). The van der Waals surface area contributed by atoms with E-state index in [1.54, 1.807) is 18.5 Å². The number of halogens is 1. The van der Waals surface area contributed by atoms with E-state index in [1.165, 1.54) is 0 Å². The van der Waals surface area contributed by atoms with Gasteiger partial charge >= 0.3 is 0 Å². The molecule has 0 saturated carbocycles. The first-order chi connectivity index (χ1) is 12.2. The van der Waals surface area contributed by atoms with Crippen LogP contribution < -0.4 is 16.0 Å². The number of hydrogen-bond donors (Lipinski definition) is 3. The number of aliphatic imine (C=N–C) groups is 1. The van der Waals surface area contributed by atoms with E-state index in [4.69, 9.17) is 11.6 Å². The van der Waals surface area contributed by atoms with Crippen LogP contribution in [0, 0.1) is 0 Å². The fraction of sp³-hybridized carbons (Fsp3) is 0.294. The molecule has 128 valence electrons. The highest BCUT2D eigenvalue weighted by Gasteiger charge is 2.17. The molecule has 0 aliphatic carbocycles. The Morgan fingerprint density at radius 1 is 1.24 bits per heavy atom. The second-order valence-electron chi connectivity index (χ2n) is 6.05. The van der Waals surface area contributed by atoms with E-state index in [9.17, 15) is 4.79 Å². The van der Waals surface area contributed by atoms with E-state index in [2.05, 4.69) is 30.9 Å².